The molecule has 1 radical (unpaired) electrons. The number of amides is 2. The first-order valence-electron chi connectivity index (χ1n) is 3.70. The number of nitrogens with zero attached hydrogens (tertiary/aromatic N) is 1. The Kier molecular flexibility index (Phi) is 2.98. The van der Waals surface area contributed by atoms with Gasteiger partial charge in [0.25, 0.3) is 0 Å². The molecule has 0 aromatic heterocycles. The van der Waals surface area contributed by atoms with Gasteiger partial charge in [0.15, 0.2) is 0 Å². The molecule has 0 aromatic carbocycles. The summed E-state index contributed by atoms with van der Waals surface area (Å²) in [7, 11) is 0. The Hall–Kier alpha value is -0.550. The van der Waals surface area contributed by atoms with Gasteiger partial charge in [-0.15, -0.1) is 11.6 Å². The molecule has 73 valence electrons. The molecular formula is C7H11ClN3OS. The van der Waals surface area contributed by atoms with Gasteiger partial charge in [-0.1, -0.05) is 13.8 Å². The first-order chi connectivity index (χ1) is 5.97. The van der Waals surface area contributed by atoms with Crippen molar-refractivity contribution in [1.29, 1.82) is 0 Å². The van der Waals surface area contributed by atoms with Crippen molar-refractivity contribution in [3.8, 4) is 0 Å². The second-order valence-corrected chi connectivity index (χ2v) is 4.53. The molecule has 1 rings (SSSR count). The number of rotatable bonds is 2. The Bertz CT molecular complexity index is 254. The van der Waals surface area contributed by atoms with E-state index in [0.717, 1.165) is 4.91 Å². The van der Waals surface area contributed by atoms with E-state index in [1.807, 2.05) is 13.8 Å². The Morgan fingerprint density at radius 1 is 1.85 bits per heavy atom. The number of urea groups is 1. The number of hydrogen-bond donors (Lipinski definition) is 2. The van der Waals surface area contributed by atoms with Gasteiger partial charge in [0, 0.05) is 28.1 Å². The van der Waals surface area contributed by atoms with Gasteiger partial charge in [-0.2, -0.15) is 4.41 Å². The summed E-state index contributed by atoms with van der Waals surface area (Å²) in [6, 6.07) is -0.544. The summed E-state index contributed by atoms with van der Waals surface area (Å²) >= 11 is 6.98. The fourth-order valence-electron chi connectivity index (χ4n) is 0.692. The molecule has 0 unspecified atom stereocenters. The van der Waals surface area contributed by atoms with Crippen LogP contribution >= 0.6 is 23.5 Å². The Balaban J connectivity index is 2.63. The molecule has 2 amide bonds. The minimum atomic E-state index is -0.544. The third kappa shape index (κ3) is 2.22. The van der Waals surface area contributed by atoms with Crippen molar-refractivity contribution in [3.05, 3.63) is 11.1 Å². The van der Waals surface area contributed by atoms with Crippen molar-refractivity contribution >= 4 is 29.6 Å². The minimum Gasteiger partial charge on any atom is -0.349 e. The van der Waals surface area contributed by atoms with Crippen molar-refractivity contribution in [2.75, 3.05) is 5.88 Å². The van der Waals surface area contributed by atoms with Crippen molar-refractivity contribution in [2.45, 2.75) is 13.8 Å². The van der Waals surface area contributed by atoms with Crippen molar-refractivity contribution < 1.29 is 4.79 Å². The molecule has 0 spiro atoms. The van der Waals surface area contributed by atoms with E-state index in [1.165, 1.54) is 16.4 Å². The quantitative estimate of drug-likeness (QED) is 0.547. The van der Waals surface area contributed by atoms with Gasteiger partial charge >= 0.3 is 6.03 Å². The second-order valence-electron chi connectivity index (χ2n) is 3.31. The molecule has 0 fully saturated rings. The summed E-state index contributed by atoms with van der Waals surface area (Å²) in [5.41, 5.74) is 7.49. The van der Waals surface area contributed by atoms with E-state index in [4.69, 9.17) is 17.3 Å². The van der Waals surface area contributed by atoms with E-state index in [1.54, 1.807) is 0 Å². The first kappa shape index (κ1) is 10.5. The number of nitrogens with one attached hydrogen (secondary N) is 1. The fraction of sp³-hybridized carbons (Fsp3) is 0.571. The summed E-state index contributed by atoms with van der Waals surface area (Å²) in [5, 5.41) is 0. The van der Waals surface area contributed by atoms with Crippen molar-refractivity contribution in [2.24, 2.45) is 11.1 Å². The minimum absolute atomic E-state index is 0.191. The summed E-state index contributed by atoms with van der Waals surface area (Å²) in [5.74, 6) is 0.469. The number of carbonyl (C=O) groups excluding carboxylic acids is 1. The van der Waals surface area contributed by atoms with E-state index in [9.17, 15) is 4.79 Å². The molecular weight excluding hydrogens is 210 g/mol. The summed E-state index contributed by atoms with van der Waals surface area (Å²) in [4.78, 5) is 11.6. The van der Waals surface area contributed by atoms with E-state index >= 15 is 0 Å². The van der Waals surface area contributed by atoms with Crippen LogP contribution in [0, 0.1) is 11.6 Å². The van der Waals surface area contributed by atoms with Gasteiger partial charge in [-0.25, -0.2) is 4.79 Å². The maximum atomic E-state index is 10.7. The predicted octanol–water partition coefficient (Wildman–Crippen LogP) is 1.44. The van der Waals surface area contributed by atoms with Gasteiger partial charge in [-0.3, -0.25) is 5.43 Å². The number of halogens is 1. The lowest BCUT2D eigenvalue weighted by atomic mass is 9.96. The maximum absolute atomic E-state index is 10.7. The second kappa shape index (κ2) is 3.67. The Morgan fingerprint density at radius 3 is 2.85 bits per heavy atom. The molecule has 4 nitrogen and oxygen atoms in total. The SMILES string of the molecule is CC(C)(CCl)C1=[C]NN(C(N)=O)S1. The van der Waals surface area contributed by atoms with Gasteiger partial charge in [0.2, 0.25) is 0 Å². The molecule has 0 aliphatic carbocycles. The third-order valence-electron chi connectivity index (χ3n) is 1.60. The highest BCUT2D eigenvalue weighted by atomic mass is 35.5. The Labute approximate surface area is 86.6 Å². The molecule has 0 saturated heterocycles. The van der Waals surface area contributed by atoms with Crippen LogP contribution in [0.2, 0.25) is 0 Å². The molecule has 1 heterocycles. The lowest BCUT2D eigenvalue weighted by molar-refractivity contribution is 0.229. The van der Waals surface area contributed by atoms with Gasteiger partial charge < -0.3 is 5.73 Å². The highest BCUT2D eigenvalue weighted by molar-refractivity contribution is 8.01. The van der Waals surface area contributed by atoms with Gasteiger partial charge in [0.1, 0.15) is 0 Å². The maximum Gasteiger partial charge on any atom is 0.344 e. The van der Waals surface area contributed by atoms with Crippen LogP contribution in [-0.4, -0.2) is 16.3 Å². The fourth-order valence-corrected chi connectivity index (χ4v) is 1.68. The van der Waals surface area contributed by atoms with Crippen molar-refractivity contribution in [3.63, 3.8) is 0 Å². The van der Waals surface area contributed by atoms with Gasteiger partial charge in [-0.05, 0) is 0 Å². The lowest BCUT2D eigenvalue weighted by Gasteiger charge is -2.21. The van der Waals surface area contributed by atoms with Crippen LogP contribution < -0.4 is 11.2 Å². The van der Waals surface area contributed by atoms with E-state index < -0.39 is 6.03 Å². The van der Waals surface area contributed by atoms with Crippen LogP contribution in [0.3, 0.4) is 0 Å². The van der Waals surface area contributed by atoms with E-state index in [0.29, 0.717) is 5.88 Å². The van der Waals surface area contributed by atoms with Crippen LogP contribution in [0.5, 0.6) is 0 Å². The number of allylic oxidation sites excluding steroid dienone is 1. The normalized spacial score (nSPS) is 16.8. The summed E-state index contributed by atoms with van der Waals surface area (Å²) < 4.78 is 1.21. The van der Waals surface area contributed by atoms with Crippen LogP contribution in [-0.2, 0) is 0 Å². The predicted molar refractivity (Wildman–Crippen MR) is 53.4 cm³/mol. The van der Waals surface area contributed by atoms with E-state index in [2.05, 4.69) is 11.6 Å². The standard InChI is InChI=1S/C7H11ClN3OS/c1-7(2,4-8)5-3-10-11(13-5)6(9)12/h10H,4H2,1-2H3,(H2,9,12). The number of nitrogens with two attached hydrogens (primary N) is 1. The zero-order chi connectivity index (χ0) is 10.1. The number of alkyl halides is 1. The third-order valence-corrected chi connectivity index (χ3v) is 3.56. The Morgan fingerprint density at radius 2 is 2.46 bits per heavy atom. The summed E-state index contributed by atoms with van der Waals surface area (Å²) in [6.45, 7) is 3.95. The smallest absolute Gasteiger partial charge is 0.344 e. The zero-order valence-electron chi connectivity index (χ0n) is 7.43. The average Bonchev–Trinajstić information content (AvgIpc) is 2.52. The topological polar surface area (TPSA) is 58.4 Å². The van der Waals surface area contributed by atoms with Crippen LogP contribution in [0.1, 0.15) is 13.8 Å². The average molecular weight is 221 g/mol. The van der Waals surface area contributed by atoms with Crippen LogP contribution in [0.15, 0.2) is 4.91 Å². The number of hydrogen-bond acceptors (Lipinski definition) is 3. The highest BCUT2D eigenvalue weighted by Crippen LogP contribution is 2.39. The molecule has 0 bridgehead atoms. The summed E-state index contributed by atoms with van der Waals surface area (Å²) in [6.07, 6.45) is 2.85. The molecule has 0 atom stereocenters. The van der Waals surface area contributed by atoms with Crippen LogP contribution in [0.4, 0.5) is 4.79 Å². The molecule has 1 aliphatic rings. The first-order valence-corrected chi connectivity index (χ1v) is 5.01. The van der Waals surface area contributed by atoms with E-state index in [-0.39, 0.29) is 5.41 Å². The number of hydrazine groups is 1. The lowest BCUT2D eigenvalue weighted by Crippen LogP contribution is -2.35. The highest BCUT2D eigenvalue weighted by Gasteiger charge is 2.30. The monoisotopic (exact) mass is 220 g/mol. The molecule has 1 aliphatic heterocycles. The molecule has 6 heteroatoms. The largest absolute Gasteiger partial charge is 0.349 e. The molecule has 3 N–H and O–H groups in total. The van der Waals surface area contributed by atoms with Crippen molar-refractivity contribution in [1.82, 2.24) is 9.84 Å². The van der Waals surface area contributed by atoms with Crippen LogP contribution in [0.25, 0.3) is 0 Å². The number of primary amides is 1. The molecule has 0 saturated carbocycles. The van der Waals surface area contributed by atoms with Gasteiger partial charge in [0.05, 0.1) is 6.20 Å². The zero-order valence-corrected chi connectivity index (χ0v) is 9.00. The number of carbonyl (C=O) groups is 1. The molecule has 0 aromatic rings. The molecule has 13 heavy (non-hydrogen) atoms.